The van der Waals surface area contributed by atoms with Gasteiger partial charge in [0.2, 0.25) is 5.91 Å². The molecule has 1 heterocycles. The Bertz CT molecular complexity index is 1340. The van der Waals surface area contributed by atoms with Crippen LogP contribution in [0.25, 0.3) is 0 Å². The summed E-state index contributed by atoms with van der Waals surface area (Å²) >= 11 is 6.37. The second kappa shape index (κ2) is 15.6. The summed E-state index contributed by atoms with van der Waals surface area (Å²) in [5.74, 6) is 7.20. The predicted molar refractivity (Wildman–Crippen MR) is 174 cm³/mol. The van der Waals surface area contributed by atoms with Crippen LogP contribution in [0.1, 0.15) is 99.6 Å². The van der Waals surface area contributed by atoms with E-state index in [-0.39, 0.29) is 24.4 Å². The van der Waals surface area contributed by atoms with Crippen molar-refractivity contribution in [2.45, 2.75) is 84.6 Å². The zero-order chi connectivity index (χ0) is 30.9. The molecule has 0 aliphatic carbocycles. The Balaban J connectivity index is 1.62. The third-order valence-electron chi connectivity index (χ3n) is 8.57. The largest absolute Gasteiger partial charge is 0.493 e. The minimum atomic E-state index is -0.0343. The molecular weight excluding hydrogens is 562 g/mol. The number of likely N-dealkylation sites (tertiary alicyclic amines) is 1. The Morgan fingerprint density at radius 2 is 1.70 bits per heavy atom. The number of ether oxygens (including phenoxy) is 1. The van der Waals surface area contributed by atoms with Gasteiger partial charge in [-0.15, -0.1) is 0 Å². The van der Waals surface area contributed by atoms with Crippen molar-refractivity contribution in [1.29, 1.82) is 0 Å². The number of anilines is 1. The second-order valence-electron chi connectivity index (χ2n) is 11.4. The maximum atomic E-state index is 13.6. The van der Waals surface area contributed by atoms with Crippen molar-refractivity contribution in [2.24, 2.45) is 5.90 Å². The van der Waals surface area contributed by atoms with E-state index in [4.69, 9.17) is 27.1 Å². The first kappa shape index (κ1) is 32.8. The molecule has 3 aromatic rings. The molecule has 0 spiro atoms. The number of nitrogens with two attached hydrogens (primary N) is 1. The molecular formula is C35H46ClN3O4. The van der Waals surface area contributed by atoms with Gasteiger partial charge in [0.05, 0.1) is 13.2 Å². The van der Waals surface area contributed by atoms with Crippen molar-refractivity contribution in [3.8, 4) is 11.5 Å². The second-order valence-corrected chi connectivity index (χ2v) is 11.9. The predicted octanol–water partition coefficient (Wildman–Crippen LogP) is 8.12. The number of hydrogen-bond donors (Lipinski definition) is 2. The van der Waals surface area contributed by atoms with Crippen molar-refractivity contribution in [3.05, 3.63) is 87.4 Å². The Hall–Kier alpha value is -3.10. The summed E-state index contributed by atoms with van der Waals surface area (Å²) in [7, 11) is 0. The normalized spacial score (nSPS) is 17.6. The molecule has 0 bridgehead atoms. The topological polar surface area (TPSA) is 86.1 Å². The molecule has 7 nitrogen and oxygen atoms in total. The van der Waals surface area contributed by atoms with Gasteiger partial charge >= 0.3 is 0 Å². The van der Waals surface area contributed by atoms with Crippen LogP contribution in [0.15, 0.2) is 54.6 Å². The first-order valence-corrected chi connectivity index (χ1v) is 15.9. The van der Waals surface area contributed by atoms with Gasteiger partial charge in [0.15, 0.2) is 5.75 Å². The van der Waals surface area contributed by atoms with Crippen LogP contribution in [0, 0.1) is 0 Å². The highest BCUT2D eigenvalue weighted by molar-refractivity contribution is 6.30. The van der Waals surface area contributed by atoms with Gasteiger partial charge in [-0.2, -0.15) is 5.90 Å². The molecule has 0 radical (unpaired) electrons. The van der Waals surface area contributed by atoms with Gasteiger partial charge in [-0.05, 0) is 102 Å². The van der Waals surface area contributed by atoms with Crippen molar-refractivity contribution < 1.29 is 19.4 Å². The molecule has 1 aliphatic rings. The quantitative estimate of drug-likeness (QED) is 0.142. The van der Waals surface area contributed by atoms with Crippen LogP contribution in [0.5, 0.6) is 11.5 Å². The molecule has 1 aliphatic heterocycles. The number of nitrogens with one attached hydrogen (secondary N) is 1. The highest BCUT2D eigenvalue weighted by Gasteiger charge is 2.35. The van der Waals surface area contributed by atoms with E-state index in [0.29, 0.717) is 23.3 Å². The summed E-state index contributed by atoms with van der Waals surface area (Å²) in [6.07, 6.45) is 4.46. The van der Waals surface area contributed by atoms with E-state index in [9.17, 15) is 4.79 Å². The van der Waals surface area contributed by atoms with Gasteiger partial charge in [0.1, 0.15) is 5.75 Å². The number of halogens is 1. The Kier molecular flexibility index (Phi) is 11.9. The first-order valence-electron chi connectivity index (χ1n) is 15.6. The first-order chi connectivity index (χ1) is 20.8. The van der Waals surface area contributed by atoms with E-state index in [1.54, 1.807) is 0 Å². The summed E-state index contributed by atoms with van der Waals surface area (Å²) < 4.78 is 6.24. The third kappa shape index (κ3) is 8.09. The number of carbonyl (C=O) groups excluding carboxylic acids is 1. The molecule has 0 saturated carbocycles. The van der Waals surface area contributed by atoms with Crippen LogP contribution >= 0.6 is 11.6 Å². The highest BCUT2D eigenvalue weighted by atomic mass is 35.5. The lowest BCUT2D eigenvalue weighted by Gasteiger charge is -2.25. The number of benzene rings is 3. The van der Waals surface area contributed by atoms with Crippen molar-refractivity contribution in [1.82, 2.24) is 4.90 Å². The Morgan fingerprint density at radius 3 is 2.30 bits per heavy atom. The SMILES string of the molecule is CCCOc1cc([C@@H]2C[C@H](c3ccc(OON)cc3)N(CC(=O)Nc3c(CC)cc(Cl)cc3CC)C2)ccc1C(C)CC. The molecule has 1 fully saturated rings. The molecule has 1 unspecified atom stereocenters. The number of hydrogen-bond acceptors (Lipinski definition) is 6. The molecule has 3 atom stereocenters. The lowest BCUT2D eigenvalue weighted by atomic mass is 9.90. The van der Waals surface area contributed by atoms with Crippen LogP contribution in [-0.2, 0) is 22.6 Å². The molecule has 232 valence electrons. The molecule has 1 amide bonds. The Labute approximate surface area is 261 Å². The van der Waals surface area contributed by atoms with E-state index in [1.165, 1.54) is 11.1 Å². The van der Waals surface area contributed by atoms with Gasteiger partial charge in [-0.1, -0.05) is 75.5 Å². The summed E-state index contributed by atoms with van der Waals surface area (Å²) in [6, 6.07) is 18.3. The number of rotatable bonds is 14. The average molecular weight is 608 g/mol. The molecule has 1 saturated heterocycles. The van der Waals surface area contributed by atoms with Gasteiger partial charge in [0, 0.05) is 23.3 Å². The number of nitrogens with zero attached hydrogens (tertiary/aromatic N) is 1. The highest BCUT2D eigenvalue weighted by Crippen LogP contribution is 2.43. The lowest BCUT2D eigenvalue weighted by molar-refractivity contribution is -0.211. The minimum absolute atomic E-state index is 0.0343. The van der Waals surface area contributed by atoms with Crippen LogP contribution in [0.4, 0.5) is 5.69 Å². The molecule has 4 rings (SSSR count). The van der Waals surface area contributed by atoms with Gasteiger partial charge in [-0.3, -0.25) is 9.69 Å². The molecule has 8 heteroatoms. The standard InChI is InChI=1S/C35H46ClN3O4/c1-6-16-41-33-20-27(12-15-31(33)23(5)7-2)28-19-32(26-10-13-30(14-11-26)42-43-37)39(21-28)22-34(40)38-35-24(8-3)17-29(36)18-25(35)9-4/h10-15,17-18,20,23,28,32H,6-9,16,19,21-22,37H2,1-5H3,(H,38,40)/t23?,28-,32-/m1/s1. The monoisotopic (exact) mass is 607 g/mol. The third-order valence-corrected chi connectivity index (χ3v) is 8.78. The fourth-order valence-electron chi connectivity index (χ4n) is 6.04. The van der Waals surface area contributed by atoms with Gasteiger partial charge in [-0.25, -0.2) is 0 Å². The van der Waals surface area contributed by atoms with Crippen molar-refractivity contribution >= 4 is 23.2 Å². The van der Waals surface area contributed by atoms with Crippen LogP contribution in [0.3, 0.4) is 0 Å². The van der Waals surface area contributed by atoms with Crippen LogP contribution in [-0.4, -0.2) is 30.5 Å². The van der Waals surface area contributed by atoms with Crippen molar-refractivity contribution in [3.63, 3.8) is 0 Å². The minimum Gasteiger partial charge on any atom is -0.493 e. The van der Waals surface area contributed by atoms with E-state index < -0.39 is 0 Å². The lowest BCUT2D eigenvalue weighted by Crippen LogP contribution is -2.33. The fourth-order valence-corrected chi connectivity index (χ4v) is 6.31. The van der Waals surface area contributed by atoms with E-state index in [1.807, 2.05) is 36.4 Å². The van der Waals surface area contributed by atoms with E-state index in [2.05, 4.69) is 68.0 Å². The fraction of sp³-hybridized carbons (Fsp3) is 0.457. The van der Waals surface area contributed by atoms with E-state index >= 15 is 0 Å². The molecule has 43 heavy (non-hydrogen) atoms. The number of amides is 1. The van der Waals surface area contributed by atoms with Crippen LogP contribution in [0.2, 0.25) is 5.02 Å². The summed E-state index contributed by atoms with van der Waals surface area (Å²) in [6.45, 7) is 12.5. The molecule has 3 aromatic carbocycles. The number of carbonyl (C=O) groups is 1. The maximum Gasteiger partial charge on any atom is 0.238 e. The van der Waals surface area contributed by atoms with Gasteiger partial charge in [0.25, 0.3) is 0 Å². The van der Waals surface area contributed by atoms with Gasteiger partial charge < -0.3 is 14.9 Å². The smallest absolute Gasteiger partial charge is 0.238 e. The number of aryl methyl sites for hydroxylation is 2. The summed E-state index contributed by atoms with van der Waals surface area (Å²) in [5, 5.41) is 3.93. The molecule has 0 aromatic heterocycles. The van der Waals surface area contributed by atoms with E-state index in [0.717, 1.165) is 66.8 Å². The summed E-state index contributed by atoms with van der Waals surface area (Å²) in [5.41, 5.74) is 6.58. The van der Waals surface area contributed by atoms with Crippen LogP contribution < -0.4 is 20.8 Å². The zero-order valence-electron chi connectivity index (χ0n) is 26.1. The Morgan fingerprint density at radius 1 is 1.02 bits per heavy atom. The van der Waals surface area contributed by atoms with Crippen molar-refractivity contribution in [2.75, 3.05) is 25.0 Å². The molecule has 3 N–H and O–H groups in total. The maximum absolute atomic E-state index is 13.6. The average Bonchev–Trinajstić information content (AvgIpc) is 3.43. The summed E-state index contributed by atoms with van der Waals surface area (Å²) in [4.78, 5) is 25.2. The zero-order valence-corrected chi connectivity index (χ0v) is 26.9.